The van der Waals surface area contributed by atoms with Crippen LogP contribution in [0.3, 0.4) is 0 Å². The number of amides is 2. The summed E-state index contributed by atoms with van der Waals surface area (Å²) in [6.07, 6.45) is 2.17. The third-order valence-electron chi connectivity index (χ3n) is 4.48. The maximum atomic E-state index is 12.5. The molecule has 0 spiro atoms. The summed E-state index contributed by atoms with van der Waals surface area (Å²) in [6.45, 7) is 2.05. The number of carbonyl (C=O) groups is 2. The summed E-state index contributed by atoms with van der Waals surface area (Å²) < 4.78 is 27.5. The summed E-state index contributed by atoms with van der Waals surface area (Å²) in [5.74, 6) is -0.165. The number of hydrogen-bond acceptors (Lipinski definition) is 5. The number of likely N-dealkylation sites (tertiary alicyclic amines) is 1. The molecular weight excluding hydrogens is 398 g/mol. The molecule has 1 saturated heterocycles. The van der Waals surface area contributed by atoms with Crippen LogP contribution in [0.15, 0.2) is 46.7 Å². The van der Waals surface area contributed by atoms with Crippen molar-refractivity contribution in [1.82, 2.24) is 14.9 Å². The third-order valence-corrected chi connectivity index (χ3v) is 6.76. The van der Waals surface area contributed by atoms with Gasteiger partial charge >= 0.3 is 0 Å². The van der Waals surface area contributed by atoms with E-state index in [1.807, 2.05) is 17.5 Å². The fourth-order valence-corrected chi connectivity index (χ4v) is 4.77. The van der Waals surface area contributed by atoms with Gasteiger partial charge < -0.3 is 10.2 Å². The molecule has 1 aromatic carbocycles. The molecule has 0 saturated carbocycles. The highest BCUT2D eigenvalue weighted by molar-refractivity contribution is 7.89. The number of rotatable bonds is 9. The molecule has 0 atom stereocenters. The van der Waals surface area contributed by atoms with Crippen molar-refractivity contribution < 1.29 is 18.0 Å². The Morgan fingerprint density at radius 2 is 2.07 bits per heavy atom. The van der Waals surface area contributed by atoms with Crippen LogP contribution in [0.5, 0.6) is 0 Å². The van der Waals surface area contributed by atoms with E-state index in [0.717, 1.165) is 17.8 Å². The van der Waals surface area contributed by atoms with Crippen LogP contribution in [0.25, 0.3) is 0 Å². The van der Waals surface area contributed by atoms with E-state index >= 15 is 0 Å². The van der Waals surface area contributed by atoms with Crippen molar-refractivity contribution in [3.63, 3.8) is 0 Å². The molecule has 2 amide bonds. The number of nitrogens with zero attached hydrogens (tertiary/aromatic N) is 1. The van der Waals surface area contributed by atoms with Crippen molar-refractivity contribution >= 4 is 33.2 Å². The second-order valence-electron chi connectivity index (χ2n) is 6.53. The minimum absolute atomic E-state index is 0.0550. The zero-order valence-corrected chi connectivity index (χ0v) is 17.0. The number of nitrogens with one attached hydrogen (secondary N) is 2. The smallest absolute Gasteiger partial charge is 0.251 e. The zero-order chi connectivity index (χ0) is 20.0. The number of carbonyl (C=O) groups excluding carboxylic acids is 2. The Balaban J connectivity index is 1.52. The Bertz CT molecular complexity index is 926. The molecule has 0 aliphatic carbocycles. The topological polar surface area (TPSA) is 95.6 Å². The van der Waals surface area contributed by atoms with Crippen LogP contribution in [0.2, 0.25) is 0 Å². The van der Waals surface area contributed by atoms with Crippen LogP contribution < -0.4 is 10.0 Å². The molecule has 0 radical (unpaired) electrons. The molecule has 2 N–H and O–H groups in total. The molecule has 7 nitrogen and oxygen atoms in total. The number of thiophene rings is 1. The summed E-state index contributed by atoms with van der Waals surface area (Å²) in [4.78, 5) is 26.7. The van der Waals surface area contributed by atoms with Gasteiger partial charge in [-0.05, 0) is 42.5 Å². The van der Waals surface area contributed by atoms with Crippen LogP contribution >= 0.6 is 11.3 Å². The first-order valence-electron chi connectivity index (χ1n) is 9.14. The lowest BCUT2D eigenvalue weighted by Gasteiger charge is -2.15. The van der Waals surface area contributed by atoms with Gasteiger partial charge in [-0.15, -0.1) is 11.3 Å². The Morgan fingerprint density at radius 1 is 1.21 bits per heavy atom. The SMILES string of the molecule is O=C(NCCCN1CCCC1=O)c1cccc(S(=O)(=O)NCc2cccs2)c1. The minimum atomic E-state index is -3.70. The Labute approximate surface area is 168 Å². The number of hydrogen-bond donors (Lipinski definition) is 2. The molecule has 1 aliphatic rings. The summed E-state index contributed by atoms with van der Waals surface area (Å²) in [5.41, 5.74) is 0.288. The van der Waals surface area contributed by atoms with E-state index in [9.17, 15) is 18.0 Å². The second-order valence-corrected chi connectivity index (χ2v) is 9.32. The highest BCUT2D eigenvalue weighted by Gasteiger charge is 2.19. The van der Waals surface area contributed by atoms with E-state index < -0.39 is 10.0 Å². The van der Waals surface area contributed by atoms with Gasteiger partial charge in [0.2, 0.25) is 15.9 Å². The van der Waals surface area contributed by atoms with Crippen molar-refractivity contribution in [2.45, 2.75) is 30.7 Å². The van der Waals surface area contributed by atoms with Gasteiger partial charge in [0.05, 0.1) is 4.90 Å². The van der Waals surface area contributed by atoms with E-state index in [-0.39, 0.29) is 28.8 Å². The molecule has 1 aromatic heterocycles. The molecule has 28 heavy (non-hydrogen) atoms. The summed E-state index contributed by atoms with van der Waals surface area (Å²) >= 11 is 1.47. The van der Waals surface area contributed by atoms with E-state index in [0.29, 0.717) is 25.9 Å². The fraction of sp³-hybridized carbons (Fsp3) is 0.368. The molecule has 9 heteroatoms. The van der Waals surface area contributed by atoms with Crippen LogP contribution in [-0.4, -0.2) is 44.8 Å². The average Bonchev–Trinajstić information content (AvgIpc) is 3.35. The van der Waals surface area contributed by atoms with E-state index in [2.05, 4.69) is 10.0 Å². The molecule has 3 rings (SSSR count). The second kappa shape index (κ2) is 9.31. The summed E-state index contributed by atoms with van der Waals surface area (Å²) in [6, 6.07) is 9.68. The summed E-state index contributed by atoms with van der Waals surface area (Å²) in [7, 11) is -3.70. The van der Waals surface area contributed by atoms with Gasteiger partial charge in [0.1, 0.15) is 0 Å². The molecular formula is C19H23N3O4S2. The van der Waals surface area contributed by atoms with Gasteiger partial charge in [0, 0.05) is 43.0 Å². The largest absolute Gasteiger partial charge is 0.352 e. The number of sulfonamides is 1. The summed E-state index contributed by atoms with van der Waals surface area (Å²) in [5, 5.41) is 4.66. The van der Waals surface area contributed by atoms with Gasteiger partial charge in [0.15, 0.2) is 0 Å². The maximum Gasteiger partial charge on any atom is 0.251 e. The maximum absolute atomic E-state index is 12.5. The number of benzene rings is 1. The normalized spacial score (nSPS) is 14.4. The first kappa shape index (κ1) is 20.5. The lowest BCUT2D eigenvalue weighted by atomic mass is 10.2. The molecule has 1 aliphatic heterocycles. The van der Waals surface area contributed by atoms with Gasteiger partial charge in [-0.3, -0.25) is 9.59 Å². The predicted molar refractivity (Wildman–Crippen MR) is 108 cm³/mol. The van der Waals surface area contributed by atoms with Crippen LogP contribution in [-0.2, 0) is 21.4 Å². The van der Waals surface area contributed by atoms with Gasteiger partial charge in [-0.1, -0.05) is 12.1 Å². The van der Waals surface area contributed by atoms with Crippen molar-refractivity contribution in [3.05, 3.63) is 52.2 Å². The predicted octanol–water partition coefficient (Wildman–Crippen LogP) is 1.97. The van der Waals surface area contributed by atoms with E-state index in [1.165, 1.54) is 23.5 Å². The Morgan fingerprint density at radius 3 is 2.79 bits per heavy atom. The lowest BCUT2D eigenvalue weighted by molar-refractivity contribution is -0.127. The van der Waals surface area contributed by atoms with Crippen LogP contribution in [0.1, 0.15) is 34.5 Å². The highest BCUT2D eigenvalue weighted by atomic mass is 32.2. The first-order valence-corrected chi connectivity index (χ1v) is 11.5. The highest BCUT2D eigenvalue weighted by Crippen LogP contribution is 2.14. The molecule has 150 valence electrons. The van der Waals surface area contributed by atoms with Gasteiger partial charge in [-0.2, -0.15) is 0 Å². The third kappa shape index (κ3) is 5.40. The molecule has 0 unspecified atom stereocenters. The first-order chi connectivity index (χ1) is 13.5. The average molecular weight is 422 g/mol. The van der Waals surface area contributed by atoms with Crippen molar-refractivity contribution in [2.75, 3.05) is 19.6 Å². The quantitative estimate of drug-likeness (QED) is 0.605. The lowest BCUT2D eigenvalue weighted by Crippen LogP contribution is -2.30. The van der Waals surface area contributed by atoms with Gasteiger partial charge in [-0.25, -0.2) is 13.1 Å². The van der Waals surface area contributed by atoms with Crippen LogP contribution in [0, 0.1) is 0 Å². The fourth-order valence-electron chi connectivity index (χ4n) is 2.98. The van der Waals surface area contributed by atoms with E-state index in [1.54, 1.807) is 17.0 Å². The zero-order valence-electron chi connectivity index (χ0n) is 15.4. The van der Waals surface area contributed by atoms with Crippen molar-refractivity contribution in [2.24, 2.45) is 0 Å². The Hall–Kier alpha value is -2.23. The van der Waals surface area contributed by atoms with Crippen molar-refractivity contribution in [3.8, 4) is 0 Å². The minimum Gasteiger partial charge on any atom is -0.352 e. The van der Waals surface area contributed by atoms with Crippen molar-refractivity contribution in [1.29, 1.82) is 0 Å². The van der Waals surface area contributed by atoms with E-state index in [4.69, 9.17) is 0 Å². The van der Waals surface area contributed by atoms with Gasteiger partial charge in [0.25, 0.3) is 5.91 Å². The van der Waals surface area contributed by atoms with Crippen LogP contribution in [0.4, 0.5) is 0 Å². The molecule has 2 aromatic rings. The molecule has 1 fully saturated rings. The molecule has 2 heterocycles. The monoisotopic (exact) mass is 421 g/mol. The Kier molecular flexibility index (Phi) is 6.82. The standard InChI is InChI=1S/C19H23N3O4S2/c23-18-8-2-10-22(18)11-4-9-20-19(24)15-5-1-7-17(13-15)28(25,26)21-14-16-6-3-12-27-16/h1,3,5-7,12-13,21H,2,4,8-11,14H2,(H,20,24). The molecule has 0 bridgehead atoms.